The average Bonchev–Trinajstić information content (AvgIpc) is 3.41. The number of methoxy groups -OCH3 is 1. The normalized spacial score (nSPS) is 11.3. The van der Waals surface area contributed by atoms with E-state index in [9.17, 15) is 23.3 Å². The van der Waals surface area contributed by atoms with Crippen molar-refractivity contribution in [2.45, 2.75) is 4.90 Å². The molecule has 0 atom stereocenters. The summed E-state index contributed by atoms with van der Waals surface area (Å²) in [5.74, 6) is 0.353. The highest BCUT2D eigenvalue weighted by Crippen LogP contribution is 2.32. The molecular weight excluding hydrogens is 548 g/mol. The fraction of sp³-hybridized carbons (Fsp3) is 0.0769. The van der Waals surface area contributed by atoms with Crippen molar-refractivity contribution in [3.05, 3.63) is 106 Å². The molecule has 0 radical (unpaired) electrons. The van der Waals surface area contributed by atoms with Crippen molar-refractivity contribution in [3.63, 3.8) is 0 Å². The highest BCUT2D eigenvalue weighted by atomic mass is 35.5. The zero-order valence-electron chi connectivity index (χ0n) is 20.4. The zero-order chi connectivity index (χ0) is 28.0. The van der Waals surface area contributed by atoms with Crippen LogP contribution in [0.5, 0.6) is 5.75 Å². The number of carbonyl (C=O) groups excluding carboxylic acids is 1. The molecule has 0 fully saturated rings. The smallest absolute Gasteiger partial charge is 0.269 e. The van der Waals surface area contributed by atoms with Crippen LogP contribution < -0.4 is 14.5 Å². The Kier molecular flexibility index (Phi) is 8.27. The van der Waals surface area contributed by atoms with E-state index in [1.807, 2.05) is 0 Å². The number of hydrazone groups is 1. The first-order chi connectivity index (χ1) is 18.7. The number of carbonyl (C=O) groups is 1. The van der Waals surface area contributed by atoms with E-state index in [4.69, 9.17) is 20.8 Å². The second kappa shape index (κ2) is 11.8. The second-order valence-corrected chi connectivity index (χ2v) is 10.2. The van der Waals surface area contributed by atoms with E-state index in [1.54, 1.807) is 42.5 Å². The summed E-state index contributed by atoms with van der Waals surface area (Å²) in [5, 5.41) is 14.9. The molecule has 200 valence electrons. The lowest BCUT2D eigenvalue weighted by molar-refractivity contribution is -0.384. The van der Waals surface area contributed by atoms with Gasteiger partial charge in [0.2, 0.25) is 0 Å². The van der Waals surface area contributed by atoms with Crippen LogP contribution in [-0.4, -0.2) is 39.1 Å². The SMILES string of the molecule is COc1ccc(N(CC(=O)N/N=C\c2ccc(-c3ccc([N+](=O)[O-])cc3)o2)S(=O)(=O)c2ccccc2)cc1Cl. The molecule has 3 aromatic carbocycles. The Morgan fingerprint density at radius 3 is 2.46 bits per heavy atom. The predicted molar refractivity (Wildman–Crippen MR) is 146 cm³/mol. The summed E-state index contributed by atoms with van der Waals surface area (Å²) in [6, 6.07) is 21.1. The molecule has 0 unspecified atom stereocenters. The number of nitro groups is 1. The van der Waals surface area contributed by atoms with E-state index >= 15 is 0 Å². The van der Waals surface area contributed by atoms with Crippen LogP contribution in [0.15, 0.2) is 99.3 Å². The average molecular weight is 569 g/mol. The number of hydrogen-bond donors (Lipinski definition) is 1. The molecule has 0 spiro atoms. The fourth-order valence-electron chi connectivity index (χ4n) is 3.50. The quantitative estimate of drug-likeness (QED) is 0.163. The maximum Gasteiger partial charge on any atom is 0.269 e. The van der Waals surface area contributed by atoms with Crippen molar-refractivity contribution in [1.29, 1.82) is 0 Å². The summed E-state index contributed by atoms with van der Waals surface area (Å²) in [5.41, 5.74) is 3.02. The molecule has 4 rings (SSSR count). The van der Waals surface area contributed by atoms with Gasteiger partial charge in [0.15, 0.2) is 0 Å². The van der Waals surface area contributed by atoms with Crippen molar-refractivity contribution in [2.24, 2.45) is 5.10 Å². The zero-order valence-corrected chi connectivity index (χ0v) is 21.9. The number of nitrogens with one attached hydrogen (secondary N) is 1. The first-order valence-corrected chi connectivity index (χ1v) is 13.1. The molecule has 0 aliphatic carbocycles. The summed E-state index contributed by atoms with van der Waals surface area (Å²) in [6.45, 7) is -0.594. The predicted octanol–water partition coefficient (Wildman–Crippen LogP) is 4.86. The number of amides is 1. The number of non-ortho nitro benzene ring substituents is 1. The monoisotopic (exact) mass is 568 g/mol. The Hall–Kier alpha value is -4.68. The van der Waals surface area contributed by atoms with Crippen LogP contribution in [0.1, 0.15) is 5.76 Å². The van der Waals surface area contributed by atoms with Crippen molar-refractivity contribution in [2.75, 3.05) is 18.0 Å². The van der Waals surface area contributed by atoms with E-state index in [0.717, 1.165) is 4.31 Å². The van der Waals surface area contributed by atoms with Gasteiger partial charge in [0.25, 0.3) is 21.6 Å². The number of nitro benzene ring substituents is 1. The molecular formula is C26H21ClN4O7S. The number of ether oxygens (including phenoxy) is 1. The van der Waals surface area contributed by atoms with Crippen LogP contribution in [0.25, 0.3) is 11.3 Å². The molecule has 13 heteroatoms. The molecule has 39 heavy (non-hydrogen) atoms. The van der Waals surface area contributed by atoms with Crippen LogP contribution in [-0.2, 0) is 14.8 Å². The standard InChI is InChI=1S/C26H21ClN4O7S/c1-37-25-13-11-20(15-23(25)27)30(39(35,36)22-5-3-2-4-6-22)17-26(32)29-28-16-21-12-14-24(38-21)18-7-9-19(10-8-18)31(33)34/h2-16H,17H2,1H3,(H,29,32)/b28-16-. The maximum atomic E-state index is 13.4. The lowest BCUT2D eigenvalue weighted by Crippen LogP contribution is -2.39. The third-order valence-corrected chi connectivity index (χ3v) is 7.50. The van der Waals surface area contributed by atoms with Gasteiger partial charge in [-0.15, -0.1) is 0 Å². The van der Waals surface area contributed by atoms with Gasteiger partial charge in [0, 0.05) is 17.7 Å². The molecule has 0 aliphatic rings. The molecule has 11 nitrogen and oxygen atoms in total. The lowest BCUT2D eigenvalue weighted by Gasteiger charge is -2.24. The van der Waals surface area contributed by atoms with Crippen LogP contribution in [0, 0.1) is 10.1 Å². The topological polar surface area (TPSA) is 144 Å². The lowest BCUT2D eigenvalue weighted by atomic mass is 10.1. The Labute approximate surface area is 228 Å². The Morgan fingerprint density at radius 2 is 1.82 bits per heavy atom. The molecule has 1 N–H and O–H groups in total. The van der Waals surface area contributed by atoms with Gasteiger partial charge >= 0.3 is 0 Å². The molecule has 0 aliphatic heterocycles. The van der Waals surface area contributed by atoms with Crippen molar-refractivity contribution in [1.82, 2.24) is 5.43 Å². The molecule has 0 saturated carbocycles. The van der Waals surface area contributed by atoms with Crippen molar-refractivity contribution < 1.29 is 27.3 Å². The molecule has 0 saturated heterocycles. The summed E-state index contributed by atoms with van der Waals surface area (Å²) >= 11 is 6.21. The Morgan fingerprint density at radius 1 is 1.10 bits per heavy atom. The number of benzene rings is 3. The van der Waals surface area contributed by atoms with E-state index in [1.165, 1.54) is 55.8 Å². The van der Waals surface area contributed by atoms with Gasteiger partial charge in [-0.3, -0.25) is 19.2 Å². The first-order valence-electron chi connectivity index (χ1n) is 11.3. The van der Waals surface area contributed by atoms with E-state index in [-0.39, 0.29) is 21.3 Å². The minimum Gasteiger partial charge on any atom is -0.495 e. The highest BCUT2D eigenvalue weighted by Gasteiger charge is 2.27. The fourth-order valence-corrected chi connectivity index (χ4v) is 5.19. The summed E-state index contributed by atoms with van der Waals surface area (Å²) < 4.78 is 38.5. The maximum absolute atomic E-state index is 13.4. The number of hydrogen-bond acceptors (Lipinski definition) is 8. The number of furan rings is 1. The number of anilines is 1. The van der Waals surface area contributed by atoms with E-state index < -0.39 is 27.4 Å². The molecule has 1 aromatic heterocycles. The summed E-state index contributed by atoms with van der Waals surface area (Å²) in [7, 11) is -2.71. The molecule has 1 heterocycles. The minimum absolute atomic E-state index is 0.0115. The van der Waals surface area contributed by atoms with Gasteiger partial charge in [-0.1, -0.05) is 29.8 Å². The summed E-state index contributed by atoms with van der Waals surface area (Å²) in [6.07, 6.45) is 1.24. The number of halogens is 1. The van der Waals surface area contributed by atoms with Gasteiger partial charge in [-0.05, 0) is 54.6 Å². The number of nitrogens with zero attached hydrogens (tertiary/aromatic N) is 3. The first kappa shape index (κ1) is 27.4. The third kappa shape index (κ3) is 6.43. The number of rotatable bonds is 10. The Bertz CT molecular complexity index is 1620. The van der Waals surface area contributed by atoms with Crippen molar-refractivity contribution in [3.8, 4) is 17.1 Å². The van der Waals surface area contributed by atoms with Crippen LogP contribution >= 0.6 is 11.6 Å². The highest BCUT2D eigenvalue weighted by molar-refractivity contribution is 7.92. The largest absolute Gasteiger partial charge is 0.495 e. The molecule has 0 bridgehead atoms. The second-order valence-electron chi connectivity index (χ2n) is 7.94. The van der Waals surface area contributed by atoms with Crippen LogP contribution in [0.4, 0.5) is 11.4 Å². The van der Waals surface area contributed by atoms with Crippen LogP contribution in [0.3, 0.4) is 0 Å². The van der Waals surface area contributed by atoms with E-state index in [0.29, 0.717) is 22.8 Å². The van der Waals surface area contributed by atoms with Gasteiger partial charge in [-0.25, -0.2) is 13.8 Å². The number of sulfonamides is 1. The van der Waals surface area contributed by atoms with Crippen LogP contribution in [0.2, 0.25) is 5.02 Å². The van der Waals surface area contributed by atoms with Gasteiger partial charge in [0.1, 0.15) is 23.8 Å². The minimum atomic E-state index is -4.14. The van der Waals surface area contributed by atoms with Gasteiger partial charge in [0.05, 0.1) is 33.9 Å². The van der Waals surface area contributed by atoms with E-state index in [2.05, 4.69) is 10.5 Å². The van der Waals surface area contributed by atoms with Gasteiger partial charge in [-0.2, -0.15) is 5.10 Å². The molecule has 4 aromatic rings. The Balaban J connectivity index is 1.50. The van der Waals surface area contributed by atoms with Gasteiger partial charge < -0.3 is 9.15 Å². The van der Waals surface area contributed by atoms with Crippen molar-refractivity contribution >= 4 is 45.1 Å². The third-order valence-electron chi connectivity index (χ3n) is 5.41. The summed E-state index contributed by atoms with van der Waals surface area (Å²) in [4.78, 5) is 23.1. The molecule has 1 amide bonds.